The van der Waals surface area contributed by atoms with Gasteiger partial charge in [-0.2, -0.15) is 0 Å². The minimum atomic E-state index is -0.449. The summed E-state index contributed by atoms with van der Waals surface area (Å²) in [7, 11) is 1.60. The van der Waals surface area contributed by atoms with Crippen molar-refractivity contribution in [2.45, 2.75) is 6.54 Å². The molecule has 3 rings (SSSR count). The van der Waals surface area contributed by atoms with Gasteiger partial charge in [-0.05, 0) is 29.8 Å². The third kappa shape index (κ3) is 3.67. The zero-order valence-corrected chi connectivity index (χ0v) is 12.3. The van der Waals surface area contributed by atoms with Crippen molar-refractivity contribution >= 4 is 12.0 Å². The van der Waals surface area contributed by atoms with Gasteiger partial charge in [-0.15, -0.1) is 5.10 Å². The van der Waals surface area contributed by atoms with E-state index in [1.165, 1.54) is 6.26 Å². The van der Waals surface area contributed by atoms with Gasteiger partial charge in [-0.1, -0.05) is 17.2 Å². The molecule has 0 aliphatic carbocycles. The van der Waals surface area contributed by atoms with Gasteiger partial charge in [0.1, 0.15) is 5.75 Å². The highest BCUT2D eigenvalue weighted by Crippen LogP contribution is 2.19. The number of nitrogens with one attached hydrogen (secondary N) is 2. The first-order chi connectivity index (χ1) is 11.2. The molecule has 2 aromatic heterocycles. The van der Waals surface area contributed by atoms with Gasteiger partial charge in [0.25, 0.3) is 5.89 Å². The van der Waals surface area contributed by atoms with Gasteiger partial charge in [0.05, 0.1) is 13.4 Å². The average Bonchev–Trinajstić information content (AvgIpc) is 3.24. The fourth-order valence-corrected chi connectivity index (χ4v) is 1.84. The lowest BCUT2D eigenvalue weighted by Gasteiger charge is -2.05. The molecule has 3 aromatic rings. The van der Waals surface area contributed by atoms with Crippen LogP contribution in [0.3, 0.4) is 0 Å². The van der Waals surface area contributed by atoms with Gasteiger partial charge < -0.3 is 18.9 Å². The maximum absolute atomic E-state index is 11.8. The van der Waals surface area contributed by atoms with Crippen LogP contribution in [0.4, 0.5) is 10.8 Å². The van der Waals surface area contributed by atoms with E-state index in [0.717, 1.165) is 11.3 Å². The van der Waals surface area contributed by atoms with Gasteiger partial charge in [0.15, 0.2) is 5.76 Å². The molecule has 2 N–H and O–H groups in total. The molecule has 0 fully saturated rings. The summed E-state index contributed by atoms with van der Waals surface area (Å²) in [6.45, 7) is 0.356. The first-order valence-corrected chi connectivity index (χ1v) is 6.80. The summed E-state index contributed by atoms with van der Waals surface area (Å²) >= 11 is 0. The highest BCUT2D eigenvalue weighted by atomic mass is 16.5. The first-order valence-electron chi connectivity index (χ1n) is 6.80. The zero-order chi connectivity index (χ0) is 16.1. The molecule has 0 unspecified atom stereocenters. The van der Waals surface area contributed by atoms with Crippen LogP contribution in [0, 0.1) is 0 Å². The third-order valence-corrected chi connectivity index (χ3v) is 2.99. The lowest BCUT2D eigenvalue weighted by atomic mass is 10.2. The molecule has 118 valence electrons. The number of hydrogen-bond acceptors (Lipinski definition) is 6. The Labute approximate surface area is 131 Å². The Morgan fingerprint density at radius 3 is 2.74 bits per heavy atom. The quantitative estimate of drug-likeness (QED) is 0.750. The fourth-order valence-electron chi connectivity index (χ4n) is 1.84. The number of carbonyl (C=O) groups excluding carboxylic acids is 1. The van der Waals surface area contributed by atoms with E-state index in [1.807, 2.05) is 24.3 Å². The number of methoxy groups -OCH3 is 1. The lowest BCUT2D eigenvalue weighted by Crippen LogP contribution is -2.28. The summed E-state index contributed by atoms with van der Waals surface area (Å²) in [5, 5.41) is 12.7. The second-order valence-electron chi connectivity index (χ2n) is 4.55. The van der Waals surface area contributed by atoms with Gasteiger partial charge in [0, 0.05) is 6.54 Å². The molecule has 2 heterocycles. The van der Waals surface area contributed by atoms with Crippen molar-refractivity contribution in [1.29, 1.82) is 0 Å². The Bertz CT molecular complexity index is 765. The highest BCUT2D eigenvalue weighted by molar-refractivity contribution is 5.86. The maximum Gasteiger partial charge on any atom is 0.324 e. The van der Waals surface area contributed by atoms with Crippen molar-refractivity contribution in [2.24, 2.45) is 0 Å². The molecule has 2 amide bonds. The van der Waals surface area contributed by atoms with E-state index in [0.29, 0.717) is 12.3 Å². The standard InChI is InChI=1S/C15H14N4O4/c1-21-11-6-4-10(5-7-11)9-16-14(20)17-15-19-18-13(23-15)12-3-2-8-22-12/h2-8H,9H2,1H3,(H2,16,17,19,20). The number of carbonyl (C=O) groups is 1. The molecule has 0 spiro atoms. The predicted octanol–water partition coefficient (Wildman–Crippen LogP) is 2.66. The summed E-state index contributed by atoms with van der Waals surface area (Å²) < 4.78 is 15.5. The van der Waals surface area contributed by atoms with E-state index in [1.54, 1.807) is 19.2 Å². The molecule has 0 bridgehead atoms. The second-order valence-corrected chi connectivity index (χ2v) is 4.55. The Morgan fingerprint density at radius 1 is 1.22 bits per heavy atom. The minimum Gasteiger partial charge on any atom is -0.497 e. The van der Waals surface area contributed by atoms with Gasteiger partial charge >= 0.3 is 12.0 Å². The molecule has 0 saturated heterocycles. The van der Waals surface area contributed by atoms with Crippen molar-refractivity contribution in [3.63, 3.8) is 0 Å². The Hall–Kier alpha value is -3.29. The summed E-state index contributed by atoms with van der Waals surface area (Å²) in [5.41, 5.74) is 0.933. The van der Waals surface area contributed by atoms with Crippen LogP contribution >= 0.6 is 0 Å². The number of urea groups is 1. The molecule has 8 heteroatoms. The van der Waals surface area contributed by atoms with Crippen LogP contribution in [0.15, 0.2) is 51.5 Å². The van der Waals surface area contributed by atoms with E-state index in [4.69, 9.17) is 13.6 Å². The van der Waals surface area contributed by atoms with Crippen molar-refractivity contribution in [1.82, 2.24) is 15.5 Å². The number of anilines is 1. The number of hydrogen-bond donors (Lipinski definition) is 2. The maximum atomic E-state index is 11.8. The lowest BCUT2D eigenvalue weighted by molar-refractivity contribution is 0.251. The molecule has 8 nitrogen and oxygen atoms in total. The van der Waals surface area contributed by atoms with E-state index in [-0.39, 0.29) is 11.9 Å². The van der Waals surface area contributed by atoms with Crippen molar-refractivity contribution in [2.75, 3.05) is 12.4 Å². The van der Waals surface area contributed by atoms with Crippen LogP contribution in [-0.4, -0.2) is 23.3 Å². The predicted molar refractivity (Wildman–Crippen MR) is 80.9 cm³/mol. The molecule has 1 aromatic carbocycles. The topological polar surface area (TPSA) is 102 Å². The van der Waals surface area contributed by atoms with Crippen molar-refractivity contribution in [3.8, 4) is 17.4 Å². The van der Waals surface area contributed by atoms with E-state index in [2.05, 4.69) is 20.8 Å². The zero-order valence-electron chi connectivity index (χ0n) is 12.3. The van der Waals surface area contributed by atoms with E-state index >= 15 is 0 Å². The van der Waals surface area contributed by atoms with Gasteiger partial charge in [-0.25, -0.2) is 4.79 Å². The highest BCUT2D eigenvalue weighted by Gasteiger charge is 2.12. The van der Waals surface area contributed by atoms with Crippen LogP contribution in [0.2, 0.25) is 0 Å². The van der Waals surface area contributed by atoms with E-state index in [9.17, 15) is 4.79 Å². The third-order valence-electron chi connectivity index (χ3n) is 2.99. The summed E-state index contributed by atoms with van der Waals surface area (Å²) in [5.74, 6) is 1.39. The summed E-state index contributed by atoms with van der Waals surface area (Å²) in [6, 6.07) is 10.3. The number of rotatable bonds is 5. The Kier molecular flexibility index (Phi) is 4.23. The average molecular weight is 314 g/mol. The smallest absolute Gasteiger partial charge is 0.324 e. The van der Waals surface area contributed by atoms with Crippen LogP contribution in [-0.2, 0) is 6.54 Å². The largest absolute Gasteiger partial charge is 0.497 e. The molecule has 0 aliphatic rings. The molecule has 0 atom stereocenters. The Morgan fingerprint density at radius 2 is 2.04 bits per heavy atom. The van der Waals surface area contributed by atoms with Crippen molar-refractivity contribution < 1.29 is 18.4 Å². The number of furan rings is 1. The second kappa shape index (κ2) is 6.65. The molecule has 23 heavy (non-hydrogen) atoms. The number of amides is 2. The molecule has 0 saturated carbocycles. The molecule has 0 aliphatic heterocycles. The minimum absolute atomic E-state index is 0.0105. The monoisotopic (exact) mass is 314 g/mol. The van der Waals surface area contributed by atoms with Crippen LogP contribution in [0.1, 0.15) is 5.56 Å². The number of benzene rings is 1. The first kappa shape index (κ1) is 14.6. The SMILES string of the molecule is COc1ccc(CNC(=O)Nc2nnc(-c3ccco3)o2)cc1. The number of ether oxygens (including phenoxy) is 1. The van der Waals surface area contributed by atoms with Crippen LogP contribution < -0.4 is 15.4 Å². The summed E-state index contributed by atoms with van der Waals surface area (Å²) in [6.07, 6.45) is 1.49. The summed E-state index contributed by atoms with van der Waals surface area (Å²) in [4.78, 5) is 11.8. The van der Waals surface area contributed by atoms with Crippen LogP contribution in [0.5, 0.6) is 5.75 Å². The van der Waals surface area contributed by atoms with E-state index < -0.39 is 6.03 Å². The fraction of sp³-hybridized carbons (Fsp3) is 0.133. The van der Waals surface area contributed by atoms with Gasteiger partial charge in [0.2, 0.25) is 0 Å². The Balaban J connectivity index is 1.53. The van der Waals surface area contributed by atoms with Gasteiger partial charge in [-0.3, -0.25) is 5.32 Å². The van der Waals surface area contributed by atoms with Crippen LogP contribution in [0.25, 0.3) is 11.7 Å². The number of aromatic nitrogens is 2. The molecule has 0 radical (unpaired) electrons. The number of nitrogens with zero attached hydrogens (tertiary/aromatic N) is 2. The molecular formula is C15H14N4O4. The van der Waals surface area contributed by atoms with Crippen molar-refractivity contribution in [3.05, 3.63) is 48.2 Å². The normalized spacial score (nSPS) is 10.3. The molecular weight excluding hydrogens is 300 g/mol.